The molecule has 1 saturated heterocycles. The van der Waals surface area contributed by atoms with E-state index in [0.717, 1.165) is 37.8 Å². The Morgan fingerprint density at radius 1 is 1.29 bits per heavy atom. The van der Waals surface area contributed by atoms with E-state index < -0.39 is 0 Å². The second-order valence-corrected chi connectivity index (χ2v) is 4.41. The predicted molar refractivity (Wildman–Crippen MR) is 69.2 cm³/mol. The molecule has 0 amide bonds. The quantitative estimate of drug-likeness (QED) is 0.756. The summed E-state index contributed by atoms with van der Waals surface area (Å²) in [5.74, 6) is 2.08. The lowest BCUT2D eigenvalue weighted by molar-refractivity contribution is 0.311. The maximum Gasteiger partial charge on any atom is 0.142 e. The van der Waals surface area contributed by atoms with Crippen LogP contribution in [0.1, 0.15) is 5.56 Å². The van der Waals surface area contributed by atoms with Gasteiger partial charge in [-0.25, -0.2) is 0 Å². The molecular formula is C13H17N3O. The fourth-order valence-corrected chi connectivity index (χ4v) is 2.18. The number of likely N-dealkylation sites (N-methyl/N-ethyl adjacent to an activating group) is 1. The molecule has 0 bridgehead atoms. The molecule has 0 spiro atoms. The summed E-state index contributed by atoms with van der Waals surface area (Å²) < 4.78 is 5.63. The maximum atomic E-state index is 5.63. The van der Waals surface area contributed by atoms with Gasteiger partial charge in [-0.15, -0.1) is 0 Å². The van der Waals surface area contributed by atoms with Crippen molar-refractivity contribution in [2.45, 2.75) is 0 Å². The molecule has 3 rings (SSSR count). The third kappa shape index (κ3) is 2.02. The first-order chi connectivity index (χ1) is 8.33. The smallest absolute Gasteiger partial charge is 0.142 e. The molecule has 0 atom stereocenters. The Hall–Kier alpha value is -1.84. The fraction of sp³-hybridized carbons (Fsp3) is 0.385. The van der Waals surface area contributed by atoms with Crippen LogP contribution in [0.25, 0.3) is 6.08 Å². The maximum absolute atomic E-state index is 5.63. The van der Waals surface area contributed by atoms with Crippen LogP contribution in [-0.4, -0.2) is 33.3 Å². The minimum atomic E-state index is 0.771. The molecule has 4 nitrogen and oxygen atoms in total. The van der Waals surface area contributed by atoms with Gasteiger partial charge < -0.3 is 20.3 Å². The molecule has 0 aliphatic carbocycles. The lowest BCUT2D eigenvalue weighted by atomic mass is 10.1. The number of nitrogens with zero attached hydrogens (tertiary/aromatic N) is 1. The fourth-order valence-electron chi connectivity index (χ4n) is 2.18. The minimum absolute atomic E-state index is 0.771. The Balaban J connectivity index is 1.91. The van der Waals surface area contributed by atoms with Gasteiger partial charge in [-0.2, -0.15) is 0 Å². The van der Waals surface area contributed by atoms with E-state index in [0.29, 0.717) is 0 Å². The highest BCUT2D eigenvalue weighted by Crippen LogP contribution is 2.31. The molecule has 0 saturated carbocycles. The van der Waals surface area contributed by atoms with E-state index in [2.05, 4.69) is 40.8 Å². The lowest BCUT2D eigenvalue weighted by Gasteiger charge is -2.27. The molecule has 0 aromatic heterocycles. The third-order valence-corrected chi connectivity index (χ3v) is 3.15. The van der Waals surface area contributed by atoms with Gasteiger partial charge in [-0.3, -0.25) is 0 Å². The molecule has 1 fully saturated rings. The molecule has 0 radical (unpaired) electrons. The van der Waals surface area contributed by atoms with Crippen molar-refractivity contribution in [3.05, 3.63) is 29.6 Å². The van der Waals surface area contributed by atoms with Crippen LogP contribution in [-0.2, 0) is 0 Å². The standard InChI is InChI=1S/C13H17N3O/c1-16-6-7-17-12-3-2-10(8-11(12)16)9-13-14-4-5-15-13/h2-3,8-9,14-15H,4-7H2,1H3. The van der Waals surface area contributed by atoms with Gasteiger partial charge in [-0.05, 0) is 23.8 Å². The first-order valence-electron chi connectivity index (χ1n) is 6.00. The van der Waals surface area contributed by atoms with Gasteiger partial charge in [0.1, 0.15) is 12.4 Å². The summed E-state index contributed by atoms with van der Waals surface area (Å²) in [5.41, 5.74) is 2.36. The number of hydrogen-bond donors (Lipinski definition) is 2. The van der Waals surface area contributed by atoms with Crippen molar-refractivity contribution in [2.24, 2.45) is 0 Å². The highest BCUT2D eigenvalue weighted by atomic mass is 16.5. The van der Waals surface area contributed by atoms with Crippen molar-refractivity contribution < 1.29 is 4.74 Å². The number of nitrogens with one attached hydrogen (secondary N) is 2. The van der Waals surface area contributed by atoms with Crippen LogP contribution in [0.2, 0.25) is 0 Å². The number of ether oxygens (including phenoxy) is 1. The molecular weight excluding hydrogens is 214 g/mol. The van der Waals surface area contributed by atoms with Crippen molar-refractivity contribution in [3.8, 4) is 5.75 Å². The van der Waals surface area contributed by atoms with Crippen LogP contribution in [0.15, 0.2) is 24.0 Å². The van der Waals surface area contributed by atoms with Crippen LogP contribution in [0, 0.1) is 0 Å². The van der Waals surface area contributed by atoms with Crippen molar-refractivity contribution in [2.75, 3.05) is 38.2 Å². The number of anilines is 1. The average Bonchev–Trinajstić information content (AvgIpc) is 2.83. The van der Waals surface area contributed by atoms with Crippen LogP contribution in [0.3, 0.4) is 0 Å². The van der Waals surface area contributed by atoms with Crippen molar-refractivity contribution in [3.63, 3.8) is 0 Å². The van der Waals surface area contributed by atoms with E-state index in [1.807, 2.05) is 6.07 Å². The highest BCUT2D eigenvalue weighted by molar-refractivity contribution is 5.66. The SMILES string of the molecule is CN1CCOc2ccc(C=C3NCCN3)cc21. The second kappa shape index (κ2) is 4.20. The van der Waals surface area contributed by atoms with E-state index >= 15 is 0 Å². The Labute approximate surface area is 101 Å². The van der Waals surface area contributed by atoms with Gasteiger partial charge in [0.2, 0.25) is 0 Å². The average molecular weight is 231 g/mol. The second-order valence-electron chi connectivity index (χ2n) is 4.41. The van der Waals surface area contributed by atoms with Gasteiger partial charge in [-0.1, -0.05) is 6.07 Å². The topological polar surface area (TPSA) is 36.5 Å². The number of hydrogen-bond acceptors (Lipinski definition) is 4. The number of rotatable bonds is 1. The molecule has 2 heterocycles. The zero-order valence-electron chi connectivity index (χ0n) is 9.99. The van der Waals surface area contributed by atoms with Crippen molar-refractivity contribution in [1.29, 1.82) is 0 Å². The van der Waals surface area contributed by atoms with Crippen molar-refractivity contribution in [1.82, 2.24) is 10.6 Å². The molecule has 2 N–H and O–H groups in total. The van der Waals surface area contributed by atoms with E-state index in [1.54, 1.807) is 0 Å². The zero-order valence-corrected chi connectivity index (χ0v) is 9.99. The van der Waals surface area contributed by atoms with Crippen LogP contribution < -0.4 is 20.3 Å². The molecule has 90 valence electrons. The third-order valence-electron chi connectivity index (χ3n) is 3.15. The summed E-state index contributed by atoms with van der Waals surface area (Å²) in [4.78, 5) is 2.23. The molecule has 0 unspecified atom stereocenters. The van der Waals surface area contributed by atoms with Crippen LogP contribution in [0.4, 0.5) is 5.69 Å². The Kier molecular flexibility index (Phi) is 2.55. The van der Waals surface area contributed by atoms with Crippen molar-refractivity contribution >= 4 is 11.8 Å². The summed E-state index contributed by atoms with van der Waals surface area (Å²) in [6.07, 6.45) is 2.13. The molecule has 2 aliphatic rings. The summed E-state index contributed by atoms with van der Waals surface area (Å²) in [5, 5.41) is 6.60. The molecule has 2 aliphatic heterocycles. The molecule has 1 aromatic rings. The summed E-state index contributed by atoms with van der Waals surface area (Å²) in [6, 6.07) is 6.31. The van der Waals surface area contributed by atoms with Crippen LogP contribution in [0.5, 0.6) is 5.75 Å². The predicted octanol–water partition coefficient (Wildman–Crippen LogP) is 1.01. The summed E-state index contributed by atoms with van der Waals surface area (Å²) in [7, 11) is 2.10. The van der Waals surface area contributed by atoms with Gasteiger partial charge in [0.15, 0.2) is 0 Å². The van der Waals surface area contributed by atoms with Gasteiger partial charge in [0, 0.05) is 20.1 Å². The molecule has 17 heavy (non-hydrogen) atoms. The van der Waals surface area contributed by atoms with E-state index in [1.165, 1.54) is 11.3 Å². The number of benzene rings is 1. The van der Waals surface area contributed by atoms with Gasteiger partial charge in [0.05, 0.1) is 18.1 Å². The van der Waals surface area contributed by atoms with E-state index in [-0.39, 0.29) is 0 Å². The Bertz CT molecular complexity index is 448. The van der Waals surface area contributed by atoms with E-state index in [9.17, 15) is 0 Å². The Morgan fingerprint density at radius 3 is 2.94 bits per heavy atom. The largest absolute Gasteiger partial charge is 0.490 e. The van der Waals surface area contributed by atoms with Gasteiger partial charge >= 0.3 is 0 Å². The lowest BCUT2D eigenvalue weighted by Crippen LogP contribution is -2.28. The minimum Gasteiger partial charge on any atom is -0.490 e. The highest BCUT2D eigenvalue weighted by Gasteiger charge is 2.14. The summed E-state index contributed by atoms with van der Waals surface area (Å²) >= 11 is 0. The number of fused-ring (bicyclic) bond motifs is 1. The molecule has 1 aromatic carbocycles. The van der Waals surface area contributed by atoms with Gasteiger partial charge in [0.25, 0.3) is 0 Å². The van der Waals surface area contributed by atoms with Crippen LogP contribution >= 0.6 is 0 Å². The first-order valence-corrected chi connectivity index (χ1v) is 6.00. The first kappa shape index (κ1) is 10.3. The monoisotopic (exact) mass is 231 g/mol. The summed E-state index contributed by atoms with van der Waals surface area (Å²) in [6.45, 7) is 3.72. The molecule has 4 heteroatoms. The normalized spacial score (nSPS) is 17.9. The van der Waals surface area contributed by atoms with E-state index in [4.69, 9.17) is 4.74 Å². The Morgan fingerprint density at radius 2 is 2.12 bits per heavy atom. The zero-order chi connectivity index (χ0) is 11.7.